The fraction of sp³-hybridized carbons (Fsp3) is 0. The lowest BCUT2D eigenvalue weighted by molar-refractivity contribution is 0.620. The maximum Gasteiger partial charge on any atom is 0.252 e. The number of aromatic nitrogens is 1. The van der Waals surface area contributed by atoms with Crippen LogP contribution in [0.25, 0.3) is 65.6 Å². The van der Waals surface area contributed by atoms with Crippen molar-refractivity contribution in [3.05, 3.63) is 194 Å². The molecule has 0 N–H and O–H groups in total. The van der Waals surface area contributed by atoms with Gasteiger partial charge in [0.1, 0.15) is 5.52 Å². The third-order valence-electron chi connectivity index (χ3n) is 12.4. The van der Waals surface area contributed by atoms with Gasteiger partial charge in [0.25, 0.3) is 6.71 Å². The van der Waals surface area contributed by atoms with Gasteiger partial charge in [0.05, 0.1) is 0 Å². The molecule has 1 aromatic heterocycles. The minimum atomic E-state index is -0.0562. The standard InChI is InChI=1S/C53H32BN3O/c1-3-15-36(16-4-1)56-47-31-35(53-55-46-21-11-12-22-49(46)58-53)32-48-50(47)54(44-29-27-40-38-19-9-7-13-33(38)23-25-42(40)51(44)56)45-30-28-41-39-20-10-8-14-34(39)24-26-43(41)52(45)57(48)37-17-5-2-6-18-37/h1-32H. The second-order valence-electron chi connectivity index (χ2n) is 15.5. The summed E-state index contributed by atoms with van der Waals surface area (Å²) in [6, 6.07) is 70.5. The normalized spacial score (nSPS) is 13.1. The van der Waals surface area contributed by atoms with Crippen LogP contribution in [0.1, 0.15) is 0 Å². The molecule has 0 saturated heterocycles. The number of hydrogen-bond acceptors (Lipinski definition) is 4. The van der Waals surface area contributed by atoms with Gasteiger partial charge < -0.3 is 14.2 Å². The fourth-order valence-electron chi connectivity index (χ4n) is 9.96. The Balaban J connectivity index is 1.22. The molecule has 268 valence electrons. The lowest BCUT2D eigenvalue weighted by Gasteiger charge is -2.45. The quantitative estimate of drug-likeness (QED) is 0.134. The first kappa shape index (κ1) is 31.6. The third-order valence-corrected chi connectivity index (χ3v) is 12.4. The minimum absolute atomic E-state index is 0.0562. The topological polar surface area (TPSA) is 32.5 Å². The van der Waals surface area contributed by atoms with Crippen molar-refractivity contribution in [3.63, 3.8) is 0 Å². The van der Waals surface area contributed by atoms with Gasteiger partial charge in [-0.15, -0.1) is 0 Å². The van der Waals surface area contributed by atoms with Crippen LogP contribution in [0.5, 0.6) is 0 Å². The zero-order valence-corrected chi connectivity index (χ0v) is 31.3. The molecule has 10 aromatic carbocycles. The number of nitrogens with zero attached hydrogens (tertiary/aromatic N) is 3. The molecule has 58 heavy (non-hydrogen) atoms. The Morgan fingerprint density at radius 3 is 1.45 bits per heavy atom. The number of rotatable bonds is 3. The highest BCUT2D eigenvalue weighted by Gasteiger charge is 2.45. The predicted octanol–water partition coefficient (Wildman–Crippen LogP) is 12.2. The summed E-state index contributed by atoms with van der Waals surface area (Å²) in [6.07, 6.45) is 0. The average Bonchev–Trinajstić information content (AvgIpc) is 3.74. The van der Waals surface area contributed by atoms with Crippen LogP contribution >= 0.6 is 0 Å². The number of benzene rings is 10. The Morgan fingerprint density at radius 1 is 0.414 bits per heavy atom. The number of hydrogen-bond donors (Lipinski definition) is 0. The second-order valence-corrected chi connectivity index (χ2v) is 15.5. The van der Waals surface area contributed by atoms with Gasteiger partial charge in [0.2, 0.25) is 5.89 Å². The van der Waals surface area contributed by atoms with Crippen LogP contribution in [0.2, 0.25) is 0 Å². The molecular formula is C53H32BN3O. The molecule has 2 aliphatic rings. The predicted molar refractivity (Wildman–Crippen MR) is 243 cm³/mol. The van der Waals surface area contributed by atoms with E-state index in [0.717, 1.165) is 39.4 Å². The van der Waals surface area contributed by atoms with Crippen LogP contribution in [0, 0.1) is 0 Å². The van der Waals surface area contributed by atoms with Gasteiger partial charge in [-0.1, -0.05) is 146 Å². The van der Waals surface area contributed by atoms with E-state index < -0.39 is 0 Å². The van der Waals surface area contributed by atoms with Crippen molar-refractivity contribution in [1.82, 2.24) is 4.98 Å². The lowest BCUT2D eigenvalue weighted by atomic mass is 9.33. The number of oxazole rings is 1. The van der Waals surface area contributed by atoms with Crippen molar-refractivity contribution in [1.29, 1.82) is 0 Å². The highest BCUT2D eigenvalue weighted by atomic mass is 16.3. The van der Waals surface area contributed by atoms with Gasteiger partial charge in [0, 0.05) is 50.5 Å². The number of anilines is 6. The maximum absolute atomic E-state index is 6.60. The second kappa shape index (κ2) is 11.9. The van der Waals surface area contributed by atoms with Crippen molar-refractivity contribution in [2.24, 2.45) is 0 Å². The molecule has 3 heterocycles. The molecule has 13 rings (SSSR count). The zero-order chi connectivity index (χ0) is 37.9. The highest BCUT2D eigenvalue weighted by molar-refractivity contribution is 7.00. The molecule has 0 spiro atoms. The summed E-state index contributed by atoms with van der Waals surface area (Å²) in [5, 5.41) is 9.89. The Hall–Kier alpha value is -7.63. The minimum Gasteiger partial charge on any atom is -0.436 e. The summed E-state index contributed by atoms with van der Waals surface area (Å²) in [5.74, 6) is 0.599. The first-order valence-electron chi connectivity index (χ1n) is 19.9. The van der Waals surface area contributed by atoms with Crippen LogP contribution < -0.4 is 26.2 Å². The van der Waals surface area contributed by atoms with Crippen LogP contribution in [0.4, 0.5) is 34.1 Å². The molecule has 0 atom stereocenters. The van der Waals surface area contributed by atoms with E-state index in [2.05, 4.69) is 180 Å². The summed E-state index contributed by atoms with van der Waals surface area (Å²) in [5.41, 5.74) is 13.2. The van der Waals surface area contributed by atoms with E-state index in [4.69, 9.17) is 9.40 Å². The van der Waals surface area contributed by atoms with Gasteiger partial charge >= 0.3 is 0 Å². The lowest BCUT2D eigenvalue weighted by Crippen LogP contribution is -2.61. The Bertz CT molecular complexity index is 3260. The van der Waals surface area contributed by atoms with Crippen molar-refractivity contribution >= 4 is 111 Å². The van der Waals surface area contributed by atoms with E-state index in [0.29, 0.717) is 5.89 Å². The zero-order valence-electron chi connectivity index (χ0n) is 31.3. The van der Waals surface area contributed by atoms with Gasteiger partial charge in [-0.25, -0.2) is 4.98 Å². The van der Waals surface area contributed by atoms with Gasteiger partial charge in [0.15, 0.2) is 5.58 Å². The fourth-order valence-corrected chi connectivity index (χ4v) is 9.96. The van der Waals surface area contributed by atoms with Gasteiger partial charge in [-0.2, -0.15) is 0 Å². The monoisotopic (exact) mass is 737 g/mol. The first-order chi connectivity index (χ1) is 28.8. The van der Waals surface area contributed by atoms with Crippen molar-refractivity contribution < 1.29 is 4.42 Å². The molecular weight excluding hydrogens is 705 g/mol. The van der Waals surface area contributed by atoms with Crippen LogP contribution in [0.3, 0.4) is 0 Å². The maximum atomic E-state index is 6.60. The summed E-state index contributed by atoms with van der Waals surface area (Å²) < 4.78 is 6.60. The van der Waals surface area contributed by atoms with Crippen molar-refractivity contribution in [2.45, 2.75) is 0 Å². The Labute approximate surface area is 334 Å². The summed E-state index contributed by atoms with van der Waals surface area (Å²) in [4.78, 5) is 10.1. The van der Waals surface area contributed by atoms with E-state index >= 15 is 0 Å². The molecule has 5 heteroatoms. The summed E-state index contributed by atoms with van der Waals surface area (Å²) >= 11 is 0. The van der Waals surface area contributed by atoms with Crippen LogP contribution in [-0.4, -0.2) is 11.7 Å². The highest BCUT2D eigenvalue weighted by Crippen LogP contribution is 2.49. The first-order valence-corrected chi connectivity index (χ1v) is 19.9. The van der Waals surface area contributed by atoms with Gasteiger partial charge in [-0.05, 0) is 97.2 Å². The summed E-state index contributed by atoms with van der Waals surface area (Å²) in [7, 11) is 0. The largest absolute Gasteiger partial charge is 0.436 e. The van der Waals surface area contributed by atoms with E-state index in [9.17, 15) is 0 Å². The molecule has 0 radical (unpaired) electrons. The van der Waals surface area contributed by atoms with E-state index in [1.54, 1.807) is 0 Å². The molecule has 11 aromatic rings. The molecule has 0 saturated carbocycles. The van der Waals surface area contributed by atoms with Crippen molar-refractivity contribution in [3.8, 4) is 11.5 Å². The van der Waals surface area contributed by atoms with E-state index in [-0.39, 0.29) is 6.71 Å². The van der Waals surface area contributed by atoms with E-state index in [1.165, 1.54) is 70.9 Å². The molecule has 0 aliphatic carbocycles. The Kier molecular flexibility index (Phi) is 6.50. The van der Waals surface area contributed by atoms with Crippen molar-refractivity contribution in [2.75, 3.05) is 9.80 Å². The molecule has 0 fully saturated rings. The van der Waals surface area contributed by atoms with Crippen LogP contribution in [-0.2, 0) is 0 Å². The average molecular weight is 738 g/mol. The summed E-state index contributed by atoms with van der Waals surface area (Å²) in [6.45, 7) is -0.0562. The molecule has 0 amide bonds. The molecule has 0 unspecified atom stereocenters. The van der Waals surface area contributed by atoms with E-state index in [1.807, 2.05) is 24.3 Å². The third kappa shape index (κ3) is 4.38. The SMILES string of the molecule is c1ccc(N2c3cc(-c4nc5ccccc5o4)cc4c3B(c3ccc5c(ccc6ccccc65)c32)c2ccc3c(ccc5ccccc53)c2N4c2ccccc2)cc1. The number of para-hydroxylation sites is 4. The smallest absolute Gasteiger partial charge is 0.252 e. The Morgan fingerprint density at radius 2 is 0.897 bits per heavy atom. The molecule has 2 aliphatic heterocycles. The van der Waals surface area contributed by atoms with Gasteiger partial charge in [-0.3, -0.25) is 0 Å². The molecule has 0 bridgehead atoms. The van der Waals surface area contributed by atoms with Crippen LogP contribution in [0.15, 0.2) is 199 Å². The number of fused-ring (bicyclic) bond motifs is 13. The molecule has 4 nitrogen and oxygen atoms in total.